The van der Waals surface area contributed by atoms with Crippen LogP contribution in [0.1, 0.15) is 34.3 Å². The molecule has 0 aliphatic carbocycles. The summed E-state index contributed by atoms with van der Waals surface area (Å²) in [7, 11) is 3.27. The first-order chi connectivity index (χ1) is 15.5. The van der Waals surface area contributed by atoms with Gasteiger partial charge in [0.15, 0.2) is 0 Å². The van der Waals surface area contributed by atoms with E-state index in [2.05, 4.69) is 0 Å². The maximum absolute atomic E-state index is 13.0. The second kappa shape index (κ2) is 9.51. The maximum atomic E-state index is 13.0. The monoisotopic (exact) mass is 437 g/mol. The van der Waals surface area contributed by atoms with Crippen LogP contribution in [0.2, 0.25) is 0 Å². The van der Waals surface area contributed by atoms with Gasteiger partial charge in [-0.15, -0.1) is 0 Å². The average Bonchev–Trinajstić information content (AvgIpc) is 3.19. The van der Waals surface area contributed by atoms with Gasteiger partial charge in [-0.2, -0.15) is 0 Å². The number of rotatable bonds is 6. The molecule has 0 radical (unpaired) electrons. The number of benzene rings is 2. The van der Waals surface area contributed by atoms with Crippen LogP contribution in [0.3, 0.4) is 0 Å². The van der Waals surface area contributed by atoms with E-state index in [0.29, 0.717) is 25.2 Å². The van der Waals surface area contributed by atoms with E-state index in [1.165, 1.54) is 0 Å². The molecule has 0 aromatic heterocycles. The van der Waals surface area contributed by atoms with E-state index in [4.69, 9.17) is 9.47 Å². The third-order valence-corrected chi connectivity index (χ3v) is 6.52. The quantitative estimate of drug-likeness (QED) is 0.693. The molecular formula is C25H31N3O4. The number of nitrogens with zero attached hydrogens (tertiary/aromatic N) is 3. The van der Waals surface area contributed by atoms with Crippen LogP contribution >= 0.6 is 0 Å². The molecule has 0 N–H and O–H groups in total. The minimum Gasteiger partial charge on any atom is -0.497 e. The van der Waals surface area contributed by atoms with Crippen molar-refractivity contribution in [2.45, 2.75) is 32.4 Å². The zero-order valence-electron chi connectivity index (χ0n) is 19.0. The molecule has 2 fully saturated rings. The van der Waals surface area contributed by atoms with Gasteiger partial charge in [-0.1, -0.05) is 12.1 Å². The van der Waals surface area contributed by atoms with Crippen molar-refractivity contribution in [3.63, 3.8) is 0 Å². The molecule has 0 saturated carbocycles. The normalized spacial score (nSPS) is 17.1. The molecule has 170 valence electrons. The fourth-order valence-corrected chi connectivity index (χ4v) is 4.59. The van der Waals surface area contributed by atoms with Crippen LogP contribution in [-0.4, -0.2) is 73.1 Å². The first-order valence-electron chi connectivity index (χ1n) is 11.1. The number of hydrogen-bond acceptors (Lipinski definition) is 4. The summed E-state index contributed by atoms with van der Waals surface area (Å²) in [5, 5.41) is 0. The average molecular weight is 438 g/mol. The number of carbonyl (C=O) groups excluding carboxylic acids is 2. The Morgan fingerprint density at radius 3 is 2.22 bits per heavy atom. The van der Waals surface area contributed by atoms with Crippen LogP contribution in [0, 0.1) is 6.92 Å². The molecule has 7 heteroatoms. The summed E-state index contributed by atoms with van der Waals surface area (Å²) in [6.45, 7) is 5.34. The molecule has 0 atom stereocenters. The van der Waals surface area contributed by atoms with Crippen LogP contribution in [0.4, 0.5) is 4.79 Å². The molecule has 2 aliphatic rings. The van der Waals surface area contributed by atoms with Crippen LogP contribution in [-0.2, 0) is 6.54 Å². The standard InChI is InChI=1S/C25H31N3O4/c1-18-16-22(32-3)8-9-23(18)24(29)26-12-10-20(11-13-26)28-15-14-27(25(28)30)17-19-4-6-21(31-2)7-5-19/h4-9,16,20H,10-15,17H2,1-3H3. The number of piperidine rings is 1. The van der Waals surface area contributed by atoms with E-state index in [-0.39, 0.29) is 18.0 Å². The largest absolute Gasteiger partial charge is 0.497 e. The second-order valence-corrected chi connectivity index (χ2v) is 8.45. The van der Waals surface area contributed by atoms with Crippen LogP contribution in [0.25, 0.3) is 0 Å². The number of carbonyl (C=O) groups is 2. The first kappa shape index (κ1) is 22.0. The van der Waals surface area contributed by atoms with Crippen molar-refractivity contribution in [2.24, 2.45) is 0 Å². The maximum Gasteiger partial charge on any atom is 0.320 e. The Morgan fingerprint density at radius 2 is 1.59 bits per heavy atom. The predicted molar refractivity (Wildman–Crippen MR) is 122 cm³/mol. The minimum atomic E-state index is 0.0532. The van der Waals surface area contributed by atoms with Gasteiger partial charge in [-0.25, -0.2) is 4.79 Å². The Kier molecular flexibility index (Phi) is 6.53. The Morgan fingerprint density at radius 1 is 0.938 bits per heavy atom. The van der Waals surface area contributed by atoms with Gasteiger partial charge in [0.2, 0.25) is 0 Å². The number of likely N-dealkylation sites (tertiary alicyclic amines) is 1. The zero-order valence-corrected chi connectivity index (χ0v) is 19.0. The lowest BCUT2D eigenvalue weighted by molar-refractivity contribution is 0.0662. The highest BCUT2D eigenvalue weighted by Gasteiger charge is 2.36. The lowest BCUT2D eigenvalue weighted by Crippen LogP contribution is -2.48. The number of hydrogen-bond donors (Lipinski definition) is 0. The van der Waals surface area contributed by atoms with Crippen LogP contribution in [0.5, 0.6) is 11.5 Å². The molecule has 2 aliphatic heterocycles. The Balaban J connectivity index is 1.32. The summed E-state index contributed by atoms with van der Waals surface area (Å²) < 4.78 is 10.4. The molecule has 3 amide bonds. The van der Waals surface area contributed by atoms with Crippen molar-refractivity contribution in [1.29, 1.82) is 0 Å². The summed E-state index contributed by atoms with van der Waals surface area (Å²) in [6, 6.07) is 13.7. The molecule has 2 saturated heterocycles. The number of methoxy groups -OCH3 is 2. The zero-order chi connectivity index (χ0) is 22.7. The smallest absolute Gasteiger partial charge is 0.320 e. The molecule has 0 bridgehead atoms. The summed E-state index contributed by atoms with van der Waals surface area (Å²) in [5.74, 6) is 1.62. The molecule has 32 heavy (non-hydrogen) atoms. The van der Waals surface area contributed by atoms with Crippen LogP contribution in [0.15, 0.2) is 42.5 Å². The van der Waals surface area contributed by atoms with E-state index < -0.39 is 0 Å². The van der Waals surface area contributed by atoms with Crippen molar-refractivity contribution in [3.8, 4) is 11.5 Å². The van der Waals surface area contributed by atoms with Gasteiger partial charge in [0, 0.05) is 44.3 Å². The topological polar surface area (TPSA) is 62.3 Å². The van der Waals surface area contributed by atoms with E-state index in [1.54, 1.807) is 14.2 Å². The third-order valence-electron chi connectivity index (χ3n) is 6.52. The first-order valence-corrected chi connectivity index (χ1v) is 11.1. The highest BCUT2D eigenvalue weighted by atomic mass is 16.5. The van der Waals surface area contributed by atoms with Gasteiger partial charge in [-0.3, -0.25) is 4.79 Å². The number of ether oxygens (including phenoxy) is 2. The lowest BCUT2D eigenvalue weighted by atomic mass is 10.0. The Hall–Kier alpha value is -3.22. The van der Waals surface area contributed by atoms with Gasteiger partial charge in [0.05, 0.1) is 14.2 Å². The van der Waals surface area contributed by atoms with Gasteiger partial charge >= 0.3 is 6.03 Å². The fourth-order valence-electron chi connectivity index (χ4n) is 4.59. The van der Waals surface area contributed by atoms with Gasteiger partial charge in [0.25, 0.3) is 5.91 Å². The molecular weight excluding hydrogens is 406 g/mol. The molecule has 0 spiro atoms. The molecule has 2 aromatic rings. The van der Waals surface area contributed by atoms with Crippen molar-refractivity contribution in [1.82, 2.24) is 14.7 Å². The summed E-state index contributed by atoms with van der Waals surface area (Å²) in [5.41, 5.74) is 2.73. The third kappa shape index (κ3) is 4.52. The van der Waals surface area contributed by atoms with Crippen molar-refractivity contribution >= 4 is 11.9 Å². The Bertz CT molecular complexity index is 968. The highest BCUT2D eigenvalue weighted by molar-refractivity contribution is 5.96. The van der Waals surface area contributed by atoms with Gasteiger partial charge in [-0.05, 0) is 61.2 Å². The summed E-state index contributed by atoms with van der Waals surface area (Å²) in [6.07, 6.45) is 1.62. The van der Waals surface area contributed by atoms with E-state index in [1.807, 2.05) is 64.1 Å². The minimum absolute atomic E-state index is 0.0532. The predicted octanol–water partition coefficient (Wildman–Crippen LogP) is 3.55. The van der Waals surface area contributed by atoms with E-state index in [0.717, 1.165) is 48.6 Å². The van der Waals surface area contributed by atoms with Gasteiger partial charge in [0.1, 0.15) is 11.5 Å². The van der Waals surface area contributed by atoms with E-state index in [9.17, 15) is 9.59 Å². The number of aryl methyl sites for hydroxylation is 1. The van der Waals surface area contributed by atoms with Crippen molar-refractivity contribution in [2.75, 3.05) is 40.4 Å². The lowest BCUT2D eigenvalue weighted by Gasteiger charge is -2.36. The van der Waals surface area contributed by atoms with Gasteiger partial charge < -0.3 is 24.2 Å². The second-order valence-electron chi connectivity index (χ2n) is 8.45. The molecule has 2 aromatic carbocycles. The molecule has 2 heterocycles. The number of amides is 3. The highest BCUT2D eigenvalue weighted by Crippen LogP contribution is 2.25. The van der Waals surface area contributed by atoms with Crippen molar-refractivity contribution in [3.05, 3.63) is 59.2 Å². The fraction of sp³-hybridized carbons (Fsp3) is 0.440. The SMILES string of the molecule is COc1ccc(CN2CCN(C3CCN(C(=O)c4ccc(OC)cc4C)CC3)C2=O)cc1. The molecule has 4 rings (SSSR count). The van der Waals surface area contributed by atoms with Crippen molar-refractivity contribution < 1.29 is 19.1 Å². The summed E-state index contributed by atoms with van der Waals surface area (Å²) >= 11 is 0. The molecule has 7 nitrogen and oxygen atoms in total. The van der Waals surface area contributed by atoms with E-state index >= 15 is 0 Å². The summed E-state index contributed by atoms with van der Waals surface area (Å²) in [4.78, 5) is 31.8. The Labute approximate surface area is 189 Å². The van der Waals surface area contributed by atoms with Crippen LogP contribution < -0.4 is 9.47 Å². The number of urea groups is 1. The molecule has 0 unspecified atom stereocenters.